The lowest BCUT2D eigenvalue weighted by atomic mass is 9.95. The second-order valence-electron chi connectivity index (χ2n) is 9.72. The number of hydrogen-bond acceptors (Lipinski definition) is 6. The minimum absolute atomic E-state index is 0.0456. The van der Waals surface area contributed by atoms with Crippen LogP contribution >= 0.6 is 11.3 Å². The van der Waals surface area contributed by atoms with E-state index in [1.54, 1.807) is 30.3 Å². The van der Waals surface area contributed by atoms with Crippen molar-refractivity contribution in [2.24, 2.45) is 5.92 Å². The normalized spacial score (nSPS) is 16.6. The number of carbonyl (C=O) groups excluding carboxylic acids is 2. The number of hydrogen-bond donors (Lipinski definition) is 1. The van der Waals surface area contributed by atoms with Crippen molar-refractivity contribution in [3.05, 3.63) is 118 Å². The van der Waals surface area contributed by atoms with E-state index in [0.717, 1.165) is 4.88 Å². The van der Waals surface area contributed by atoms with Gasteiger partial charge in [0.25, 0.3) is 11.7 Å². The quantitative estimate of drug-likeness (QED) is 0.138. The molecule has 0 aliphatic carbocycles. The Morgan fingerprint density at radius 1 is 0.897 bits per heavy atom. The zero-order valence-electron chi connectivity index (χ0n) is 21.7. The molecule has 4 aromatic rings. The van der Waals surface area contributed by atoms with Crippen LogP contribution in [0.3, 0.4) is 0 Å². The summed E-state index contributed by atoms with van der Waals surface area (Å²) in [6.45, 7) is 4.95. The molecule has 1 amide bonds. The molecule has 0 spiro atoms. The summed E-state index contributed by atoms with van der Waals surface area (Å²) in [6, 6.07) is 26.6. The topological polar surface area (TPSA) is 76.1 Å². The predicted octanol–water partition coefficient (Wildman–Crippen LogP) is 7.20. The summed E-state index contributed by atoms with van der Waals surface area (Å²) in [4.78, 5) is 29.2. The maximum atomic E-state index is 13.4. The van der Waals surface area contributed by atoms with Crippen molar-refractivity contribution >= 4 is 28.8 Å². The first-order valence-electron chi connectivity index (χ1n) is 12.8. The molecule has 1 aromatic heterocycles. The van der Waals surface area contributed by atoms with E-state index in [4.69, 9.17) is 9.47 Å². The number of para-hydroxylation sites is 1. The van der Waals surface area contributed by atoms with Crippen LogP contribution in [0.5, 0.6) is 17.2 Å². The average Bonchev–Trinajstić information content (AvgIpc) is 3.55. The summed E-state index contributed by atoms with van der Waals surface area (Å²) in [5, 5.41) is 13.3. The van der Waals surface area contributed by atoms with Gasteiger partial charge >= 0.3 is 0 Å². The number of benzene rings is 3. The first-order valence-corrected chi connectivity index (χ1v) is 13.7. The highest BCUT2D eigenvalue weighted by Gasteiger charge is 2.46. The van der Waals surface area contributed by atoms with Crippen LogP contribution in [-0.4, -0.2) is 28.3 Å². The van der Waals surface area contributed by atoms with Gasteiger partial charge in [-0.15, -0.1) is 11.3 Å². The number of aliphatic hydroxyl groups is 1. The van der Waals surface area contributed by atoms with Gasteiger partial charge in [-0.25, -0.2) is 0 Å². The van der Waals surface area contributed by atoms with Crippen molar-refractivity contribution in [2.45, 2.75) is 26.4 Å². The lowest BCUT2D eigenvalue weighted by Gasteiger charge is -2.25. The van der Waals surface area contributed by atoms with Crippen molar-refractivity contribution in [3.63, 3.8) is 0 Å². The highest BCUT2D eigenvalue weighted by atomic mass is 32.1. The van der Waals surface area contributed by atoms with Gasteiger partial charge in [-0.3, -0.25) is 9.59 Å². The minimum atomic E-state index is -0.789. The number of amides is 1. The molecule has 198 valence electrons. The van der Waals surface area contributed by atoms with Crippen LogP contribution < -0.4 is 9.47 Å². The largest absolute Gasteiger partial charge is 0.507 e. The van der Waals surface area contributed by atoms with Crippen molar-refractivity contribution in [1.82, 2.24) is 4.90 Å². The molecule has 1 saturated heterocycles. The lowest BCUT2D eigenvalue weighted by Crippen LogP contribution is -2.28. The van der Waals surface area contributed by atoms with E-state index >= 15 is 0 Å². The Balaban J connectivity index is 1.54. The van der Waals surface area contributed by atoms with Crippen LogP contribution in [0, 0.1) is 5.92 Å². The smallest absolute Gasteiger partial charge is 0.295 e. The molecule has 3 aromatic carbocycles. The predicted molar refractivity (Wildman–Crippen MR) is 152 cm³/mol. The lowest BCUT2D eigenvalue weighted by molar-refractivity contribution is -0.140. The SMILES string of the molecule is CC(C)COc1ccc(/C(O)=C2/C(=O)C(=O)N(Cc3cccs3)C2c2cccc(Oc3ccccc3)c2)cc1. The van der Waals surface area contributed by atoms with Gasteiger partial charge in [-0.1, -0.05) is 50.2 Å². The molecular formula is C32H29NO5S. The summed E-state index contributed by atoms with van der Waals surface area (Å²) in [6.07, 6.45) is 0. The van der Waals surface area contributed by atoms with Gasteiger partial charge in [0.05, 0.1) is 24.8 Å². The summed E-state index contributed by atoms with van der Waals surface area (Å²) in [5.74, 6) is 0.676. The third kappa shape index (κ3) is 5.89. The van der Waals surface area contributed by atoms with E-state index in [0.29, 0.717) is 40.9 Å². The Morgan fingerprint density at radius 3 is 2.33 bits per heavy atom. The van der Waals surface area contributed by atoms with Crippen molar-refractivity contribution in [1.29, 1.82) is 0 Å². The van der Waals surface area contributed by atoms with Gasteiger partial charge < -0.3 is 19.5 Å². The van der Waals surface area contributed by atoms with Gasteiger partial charge in [-0.2, -0.15) is 0 Å². The fraction of sp³-hybridized carbons (Fsp3) is 0.188. The number of ketones is 1. The number of aliphatic hydroxyl groups excluding tert-OH is 1. The average molecular weight is 540 g/mol. The van der Waals surface area contributed by atoms with Crippen molar-refractivity contribution in [3.8, 4) is 17.2 Å². The summed E-state index contributed by atoms with van der Waals surface area (Å²) >= 11 is 1.51. The van der Waals surface area contributed by atoms with Gasteiger partial charge in [0.2, 0.25) is 0 Å². The van der Waals surface area contributed by atoms with Crippen molar-refractivity contribution in [2.75, 3.05) is 6.61 Å². The second kappa shape index (κ2) is 11.6. The number of carbonyl (C=O) groups is 2. The van der Waals surface area contributed by atoms with E-state index < -0.39 is 17.7 Å². The summed E-state index contributed by atoms with van der Waals surface area (Å²) < 4.78 is 11.8. The molecule has 2 heterocycles. The first kappa shape index (κ1) is 26.3. The Morgan fingerprint density at radius 2 is 1.64 bits per heavy atom. The molecule has 39 heavy (non-hydrogen) atoms. The van der Waals surface area contributed by atoms with E-state index in [1.165, 1.54) is 16.2 Å². The molecule has 1 atom stereocenters. The highest BCUT2D eigenvalue weighted by Crippen LogP contribution is 2.42. The number of likely N-dealkylation sites (tertiary alicyclic amines) is 1. The molecule has 0 bridgehead atoms. The van der Waals surface area contributed by atoms with E-state index in [9.17, 15) is 14.7 Å². The van der Waals surface area contributed by atoms with Crippen LogP contribution in [0.2, 0.25) is 0 Å². The molecule has 1 unspecified atom stereocenters. The van der Waals surface area contributed by atoms with Gasteiger partial charge in [0.15, 0.2) is 0 Å². The number of rotatable bonds is 9. The molecule has 1 N–H and O–H groups in total. The number of Topliss-reactive ketones (excluding diaryl/α,β-unsaturated/α-hetero) is 1. The molecule has 6 nitrogen and oxygen atoms in total. The van der Waals surface area contributed by atoms with Crippen LogP contribution in [0.25, 0.3) is 5.76 Å². The maximum Gasteiger partial charge on any atom is 0.295 e. The van der Waals surface area contributed by atoms with Crippen LogP contribution in [0.1, 0.15) is 35.9 Å². The molecule has 1 aliphatic rings. The van der Waals surface area contributed by atoms with E-state index in [1.807, 2.05) is 66.0 Å². The van der Waals surface area contributed by atoms with E-state index in [-0.39, 0.29) is 17.9 Å². The number of ether oxygens (including phenoxy) is 2. The highest BCUT2D eigenvalue weighted by molar-refractivity contribution is 7.09. The van der Waals surface area contributed by atoms with E-state index in [2.05, 4.69) is 13.8 Å². The van der Waals surface area contributed by atoms with Crippen LogP contribution in [0.4, 0.5) is 0 Å². The Bertz CT molecular complexity index is 1480. The Hall–Kier alpha value is -4.36. The third-order valence-electron chi connectivity index (χ3n) is 6.31. The first-order chi connectivity index (χ1) is 18.9. The van der Waals surface area contributed by atoms with Gasteiger partial charge in [0.1, 0.15) is 23.0 Å². The standard InChI is InChI=1S/C32H29NO5S/c1-21(2)20-37-24-15-13-22(14-16-24)30(34)28-29(33(32(36)31(28)35)19-27-12-7-17-39-27)23-8-6-11-26(18-23)38-25-9-4-3-5-10-25/h3-18,21,29,34H,19-20H2,1-2H3/b30-28-. The molecule has 1 fully saturated rings. The van der Waals surface area contributed by atoms with Crippen LogP contribution in [-0.2, 0) is 16.1 Å². The summed E-state index contributed by atoms with van der Waals surface area (Å²) in [7, 11) is 0. The molecular weight excluding hydrogens is 510 g/mol. The Labute approximate surface area is 231 Å². The number of nitrogens with zero attached hydrogens (tertiary/aromatic N) is 1. The van der Waals surface area contributed by atoms with Gasteiger partial charge in [0, 0.05) is 10.4 Å². The van der Waals surface area contributed by atoms with Crippen LogP contribution in [0.15, 0.2) is 102 Å². The molecule has 7 heteroatoms. The summed E-state index contributed by atoms with van der Waals surface area (Å²) in [5.41, 5.74) is 1.14. The Kier molecular flexibility index (Phi) is 7.79. The van der Waals surface area contributed by atoms with Gasteiger partial charge in [-0.05, 0) is 71.5 Å². The molecule has 0 saturated carbocycles. The fourth-order valence-electron chi connectivity index (χ4n) is 4.46. The maximum absolute atomic E-state index is 13.4. The zero-order valence-corrected chi connectivity index (χ0v) is 22.6. The zero-order chi connectivity index (χ0) is 27.4. The number of thiophene rings is 1. The molecule has 5 rings (SSSR count). The molecule has 0 radical (unpaired) electrons. The fourth-order valence-corrected chi connectivity index (χ4v) is 5.16. The minimum Gasteiger partial charge on any atom is -0.507 e. The third-order valence-corrected chi connectivity index (χ3v) is 7.17. The van der Waals surface area contributed by atoms with Crippen molar-refractivity contribution < 1.29 is 24.2 Å². The second-order valence-corrected chi connectivity index (χ2v) is 10.8. The molecule has 1 aliphatic heterocycles. The monoisotopic (exact) mass is 539 g/mol.